The normalized spacial score (nSPS) is 10.4. The summed E-state index contributed by atoms with van der Waals surface area (Å²) in [5, 5.41) is 14.0. The summed E-state index contributed by atoms with van der Waals surface area (Å²) in [5.74, 6) is 0.385. The van der Waals surface area contributed by atoms with E-state index in [9.17, 15) is 9.59 Å². The first-order chi connectivity index (χ1) is 14.1. The van der Waals surface area contributed by atoms with Crippen LogP contribution in [-0.4, -0.2) is 34.4 Å². The van der Waals surface area contributed by atoms with Crippen LogP contribution in [0.25, 0.3) is 0 Å². The molecule has 0 bridgehead atoms. The van der Waals surface area contributed by atoms with Gasteiger partial charge in [-0.15, -0.1) is 10.2 Å². The zero-order valence-electron chi connectivity index (χ0n) is 16.0. The number of rotatable bonds is 8. The highest BCUT2D eigenvalue weighted by molar-refractivity contribution is 8.01. The van der Waals surface area contributed by atoms with Crippen LogP contribution >= 0.6 is 23.1 Å². The second-order valence-corrected chi connectivity index (χ2v) is 8.11. The highest BCUT2D eigenvalue weighted by Crippen LogP contribution is 2.27. The van der Waals surface area contributed by atoms with Crippen LogP contribution in [-0.2, 0) is 4.79 Å². The molecule has 2 amide bonds. The molecule has 0 saturated heterocycles. The first-order valence-corrected chi connectivity index (χ1v) is 10.7. The number of aromatic nitrogens is 2. The van der Waals surface area contributed by atoms with Crippen molar-refractivity contribution in [1.82, 2.24) is 10.2 Å². The van der Waals surface area contributed by atoms with Gasteiger partial charge in [0, 0.05) is 5.56 Å². The van der Waals surface area contributed by atoms with Crippen molar-refractivity contribution in [3.8, 4) is 5.75 Å². The smallest absolute Gasteiger partial charge is 0.257 e. The van der Waals surface area contributed by atoms with E-state index in [0.717, 1.165) is 5.56 Å². The molecule has 3 rings (SSSR count). The van der Waals surface area contributed by atoms with Crippen molar-refractivity contribution in [2.75, 3.05) is 23.0 Å². The first-order valence-electron chi connectivity index (χ1n) is 8.91. The molecule has 7 nitrogen and oxygen atoms in total. The molecule has 0 aliphatic carbocycles. The standard InChI is InChI=1S/C20H20N4O3S2/c1-3-27-16-11-7-6-10-15(16)21-17(25)12-28-20-24-23-19(29-20)22-18(26)14-9-5-4-8-13(14)2/h4-11H,3,12H2,1-2H3,(H,21,25)(H,22,23,26). The van der Waals surface area contributed by atoms with E-state index < -0.39 is 0 Å². The van der Waals surface area contributed by atoms with Crippen LogP contribution in [0, 0.1) is 6.92 Å². The number of thioether (sulfide) groups is 1. The number of para-hydroxylation sites is 2. The first kappa shape index (κ1) is 20.8. The molecule has 0 aliphatic heterocycles. The lowest BCUT2D eigenvalue weighted by Crippen LogP contribution is -2.14. The van der Waals surface area contributed by atoms with Crippen molar-refractivity contribution < 1.29 is 14.3 Å². The van der Waals surface area contributed by atoms with Gasteiger partial charge in [-0.1, -0.05) is 53.4 Å². The molecule has 0 aliphatic rings. The number of nitrogens with zero attached hydrogens (tertiary/aromatic N) is 2. The second-order valence-electron chi connectivity index (χ2n) is 5.91. The summed E-state index contributed by atoms with van der Waals surface area (Å²) in [6.07, 6.45) is 0. The largest absolute Gasteiger partial charge is 0.492 e. The van der Waals surface area contributed by atoms with Crippen molar-refractivity contribution in [3.63, 3.8) is 0 Å². The third-order valence-electron chi connectivity index (χ3n) is 3.80. The third-order valence-corrected chi connectivity index (χ3v) is 5.78. The Morgan fingerprint density at radius 2 is 1.83 bits per heavy atom. The molecular weight excluding hydrogens is 408 g/mol. The Hall–Kier alpha value is -2.91. The lowest BCUT2D eigenvalue weighted by molar-refractivity contribution is -0.113. The van der Waals surface area contributed by atoms with Gasteiger partial charge in [-0.2, -0.15) is 0 Å². The molecule has 2 aromatic carbocycles. The molecule has 0 fully saturated rings. The highest BCUT2D eigenvalue weighted by atomic mass is 32.2. The maximum Gasteiger partial charge on any atom is 0.257 e. The summed E-state index contributed by atoms with van der Waals surface area (Å²) in [6.45, 7) is 4.28. The van der Waals surface area contributed by atoms with Gasteiger partial charge in [0.15, 0.2) is 4.34 Å². The van der Waals surface area contributed by atoms with E-state index in [1.54, 1.807) is 18.2 Å². The molecule has 0 saturated carbocycles. The Kier molecular flexibility index (Phi) is 7.20. The fraction of sp³-hybridized carbons (Fsp3) is 0.200. The van der Waals surface area contributed by atoms with Crippen molar-refractivity contribution in [2.24, 2.45) is 0 Å². The van der Waals surface area contributed by atoms with Crippen molar-refractivity contribution >= 4 is 45.7 Å². The number of aryl methyl sites for hydroxylation is 1. The van der Waals surface area contributed by atoms with Crippen molar-refractivity contribution in [3.05, 3.63) is 59.7 Å². The number of carbonyl (C=O) groups excluding carboxylic acids is 2. The van der Waals surface area contributed by atoms with Gasteiger partial charge in [0.2, 0.25) is 11.0 Å². The van der Waals surface area contributed by atoms with Gasteiger partial charge in [0.05, 0.1) is 18.0 Å². The van der Waals surface area contributed by atoms with Crippen LogP contribution in [0.3, 0.4) is 0 Å². The molecule has 1 heterocycles. The summed E-state index contributed by atoms with van der Waals surface area (Å²) in [5.41, 5.74) is 2.10. The van der Waals surface area contributed by atoms with Gasteiger partial charge in [-0.25, -0.2) is 0 Å². The Bertz CT molecular complexity index is 1010. The zero-order chi connectivity index (χ0) is 20.6. The number of ether oxygens (including phenoxy) is 1. The van der Waals surface area contributed by atoms with Gasteiger partial charge >= 0.3 is 0 Å². The van der Waals surface area contributed by atoms with Crippen molar-refractivity contribution in [1.29, 1.82) is 0 Å². The lowest BCUT2D eigenvalue weighted by Gasteiger charge is -2.10. The molecule has 0 unspecified atom stereocenters. The average Bonchev–Trinajstić information content (AvgIpc) is 3.16. The molecule has 0 atom stereocenters. The predicted octanol–water partition coefficient (Wildman–Crippen LogP) is 4.23. The summed E-state index contributed by atoms with van der Waals surface area (Å²) < 4.78 is 6.10. The van der Waals surface area contributed by atoms with Gasteiger partial charge < -0.3 is 10.1 Å². The highest BCUT2D eigenvalue weighted by Gasteiger charge is 2.14. The Balaban J connectivity index is 1.53. The number of carbonyl (C=O) groups is 2. The summed E-state index contributed by atoms with van der Waals surface area (Å²) in [4.78, 5) is 24.6. The Labute approximate surface area is 176 Å². The third kappa shape index (κ3) is 5.78. The number of nitrogens with one attached hydrogen (secondary N) is 2. The summed E-state index contributed by atoms with van der Waals surface area (Å²) in [6, 6.07) is 14.6. The van der Waals surface area contributed by atoms with Crippen molar-refractivity contribution in [2.45, 2.75) is 18.2 Å². The number of hydrogen-bond donors (Lipinski definition) is 2. The van der Waals surface area contributed by atoms with E-state index in [1.807, 2.05) is 44.2 Å². The predicted molar refractivity (Wildman–Crippen MR) is 116 cm³/mol. The fourth-order valence-electron chi connectivity index (χ4n) is 2.48. The minimum atomic E-state index is -0.235. The van der Waals surface area contributed by atoms with Gasteiger partial charge in [-0.3, -0.25) is 14.9 Å². The van der Waals surface area contributed by atoms with Crippen LogP contribution in [0.2, 0.25) is 0 Å². The van der Waals surface area contributed by atoms with Gasteiger partial charge in [0.25, 0.3) is 5.91 Å². The molecule has 29 heavy (non-hydrogen) atoms. The van der Waals surface area contributed by atoms with E-state index in [0.29, 0.717) is 33.1 Å². The van der Waals surface area contributed by atoms with Gasteiger partial charge in [0.1, 0.15) is 5.75 Å². The molecular formula is C20H20N4O3S2. The van der Waals surface area contributed by atoms with E-state index in [1.165, 1.54) is 23.1 Å². The molecule has 3 aromatic rings. The van der Waals surface area contributed by atoms with Crippen LogP contribution in [0.1, 0.15) is 22.8 Å². The van der Waals surface area contributed by atoms with E-state index in [2.05, 4.69) is 20.8 Å². The second kappa shape index (κ2) is 10.0. The van der Waals surface area contributed by atoms with Crippen LogP contribution < -0.4 is 15.4 Å². The molecule has 150 valence electrons. The van der Waals surface area contributed by atoms with E-state index in [4.69, 9.17) is 4.74 Å². The van der Waals surface area contributed by atoms with Gasteiger partial charge in [-0.05, 0) is 37.6 Å². The summed E-state index contributed by atoms with van der Waals surface area (Å²) in [7, 11) is 0. The Morgan fingerprint density at radius 1 is 1.07 bits per heavy atom. The minimum Gasteiger partial charge on any atom is -0.492 e. The van der Waals surface area contributed by atoms with Crippen LogP contribution in [0.4, 0.5) is 10.8 Å². The molecule has 9 heteroatoms. The lowest BCUT2D eigenvalue weighted by atomic mass is 10.1. The van der Waals surface area contributed by atoms with Crippen LogP contribution in [0.5, 0.6) is 5.75 Å². The van der Waals surface area contributed by atoms with E-state index >= 15 is 0 Å². The number of anilines is 2. The number of hydrogen-bond acceptors (Lipinski definition) is 7. The van der Waals surface area contributed by atoms with Crippen LogP contribution in [0.15, 0.2) is 52.9 Å². The maximum absolute atomic E-state index is 12.3. The summed E-state index contributed by atoms with van der Waals surface area (Å²) >= 11 is 2.48. The molecule has 0 spiro atoms. The molecule has 1 aromatic heterocycles. The molecule has 2 N–H and O–H groups in total. The van der Waals surface area contributed by atoms with E-state index in [-0.39, 0.29) is 17.6 Å². The minimum absolute atomic E-state index is 0.167. The number of amides is 2. The quantitative estimate of drug-likeness (QED) is 0.412. The topological polar surface area (TPSA) is 93.2 Å². The zero-order valence-corrected chi connectivity index (χ0v) is 17.6. The average molecular weight is 429 g/mol. The fourth-order valence-corrected chi connectivity index (χ4v) is 4.02. The SMILES string of the molecule is CCOc1ccccc1NC(=O)CSc1nnc(NC(=O)c2ccccc2C)s1. The Morgan fingerprint density at radius 3 is 2.62 bits per heavy atom. The maximum atomic E-state index is 12.3. The molecule has 0 radical (unpaired) electrons. The monoisotopic (exact) mass is 428 g/mol. The number of benzene rings is 2.